The Morgan fingerprint density at radius 3 is 2.52 bits per heavy atom. The summed E-state index contributed by atoms with van der Waals surface area (Å²) in [5.74, 6) is 1.28. The number of benzene rings is 1. The lowest BCUT2D eigenvalue weighted by Crippen LogP contribution is -2.37. The molecule has 0 spiro atoms. The molecule has 144 valence electrons. The Labute approximate surface area is 160 Å². The minimum atomic E-state index is -0.00848. The molecule has 7 nitrogen and oxygen atoms in total. The summed E-state index contributed by atoms with van der Waals surface area (Å²) in [5, 5.41) is 6.48. The number of nitrogens with one attached hydrogen (secondary N) is 2. The summed E-state index contributed by atoms with van der Waals surface area (Å²) in [5.41, 5.74) is 2.57. The number of hydrogen-bond donors (Lipinski definition) is 2. The number of guanidine groups is 1. The number of nitrogens with zero attached hydrogens (tertiary/aromatic N) is 3. The second kappa shape index (κ2) is 10.2. The molecule has 0 aliphatic rings. The zero-order valence-electron chi connectivity index (χ0n) is 16.3. The number of aliphatic imine (C=N–C) groups is 1. The zero-order chi connectivity index (χ0) is 19.6. The Balaban J connectivity index is 1.99. The number of aromatic nitrogens is 1. The van der Waals surface area contributed by atoms with Crippen molar-refractivity contribution < 1.29 is 9.53 Å². The number of hydrogen-bond acceptors (Lipinski definition) is 4. The van der Waals surface area contributed by atoms with Gasteiger partial charge >= 0.3 is 0 Å². The van der Waals surface area contributed by atoms with Gasteiger partial charge in [0.05, 0.1) is 25.9 Å². The van der Waals surface area contributed by atoms with Crippen LogP contribution in [0.4, 0.5) is 0 Å². The predicted molar refractivity (Wildman–Crippen MR) is 107 cm³/mol. The van der Waals surface area contributed by atoms with Crippen molar-refractivity contribution in [3.63, 3.8) is 0 Å². The average molecular weight is 369 g/mol. The van der Waals surface area contributed by atoms with E-state index < -0.39 is 0 Å². The van der Waals surface area contributed by atoms with Crippen molar-refractivity contribution in [3.8, 4) is 5.88 Å². The lowest BCUT2D eigenvalue weighted by molar-refractivity contribution is 0.0827. The molecule has 1 amide bonds. The molecular formula is C20H27N5O2. The van der Waals surface area contributed by atoms with Crippen molar-refractivity contribution >= 4 is 11.9 Å². The van der Waals surface area contributed by atoms with E-state index in [0.29, 0.717) is 30.5 Å². The number of carbonyl (C=O) groups is 1. The van der Waals surface area contributed by atoms with Gasteiger partial charge in [-0.3, -0.25) is 4.79 Å². The molecule has 2 rings (SSSR count). The number of rotatable bonds is 7. The van der Waals surface area contributed by atoms with Gasteiger partial charge in [0.1, 0.15) is 0 Å². The molecule has 0 aliphatic heterocycles. The third kappa shape index (κ3) is 6.29. The van der Waals surface area contributed by atoms with Gasteiger partial charge in [-0.1, -0.05) is 18.2 Å². The predicted octanol–water partition coefficient (Wildman–Crippen LogP) is 2.05. The topological polar surface area (TPSA) is 78.9 Å². The van der Waals surface area contributed by atoms with E-state index in [9.17, 15) is 4.79 Å². The second-order valence-electron chi connectivity index (χ2n) is 6.12. The molecule has 0 bridgehead atoms. The van der Waals surface area contributed by atoms with Gasteiger partial charge in [-0.15, -0.1) is 0 Å². The molecule has 2 N–H and O–H groups in total. The lowest BCUT2D eigenvalue weighted by Gasteiger charge is -2.12. The van der Waals surface area contributed by atoms with Crippen LogP contribution in [0.2, 0.25) is 0 Å². The summed E-state index contributed by atoms with van der Waals surface area (Å²) in [6, 6.07) is 13.2. The maximum Gasteiger partial charge on any atom is 0.253 e. The van der Waals surface area contributed by atoms with E-state index in [-0.39, 0.29) is 5.91 Å². The van der Waals surface area contributed by atoms with Crippen molar-refractivity contribution in [2.45, 2.75) is 20.0 Å². The van der Waals surface area contributed by atoms with Crippen LogP contribution in [0.3, 0.4) is 0 Å². The highest BCUT2D eigenvalue weighted by Crippen LogP contribution is 2.08. The van der Waals surface area contributed by atoms with Crippen molar-refractivity contribution in [1.29, 1.82) is 0 Å². The number of ether oxygens (including phenoxy) is 1. The smallest absolute Gasteiger partial charge is 0.253 e. The largest absolute Gasteiger partial charge is 0.481 e. The standard InChI is InChI=1S/C20H27N5O2/c1-5-21-20(23-14-17-7-6-8-18(24-17)27-4)22-13-15-9-11-16(12-10-15)19(26)25(2)3/h6-12H,5,13-14H2,1-4H3,(H2,21,22,23). The highest BCUT2D eigenvalue weighted by atomic mass is 16.5. The molecule has 1 aromatic carbocycles. The summed E-state index contributed by atoms with van der Waals surface area (Å²) in [6.07, 6.45) is 0. The Kier molecular flexibility index (Phi) is 7.61. The molecule has 0 radical (unpaired) electrons. The second-order valence-corrected chi connectivity index (χ2v) is 6.12. The van der Waals surface area contributed by atoms with Crippen LogP contribution in [0.15, 0.2) is 47.5 Å². The van der Waals surface area contributed by atoms with E-state index in [4.69, 9.17) is 4.74 Å². The van der Waals surface area contributed by atoms with E-state index in [1.807, 2.05) is 49.4 Å². The molecule has 0 saturated carbocycles. The normalized spacial score (nSPS) is 11.0. The van der Waals surface area contributed by atoms with Gasteiger partial charge in [0.25, 0.3) is 5.91 Å². The van der Waals surface area contributed by atoms with E-state index in [0.717, 1.165) is 17.8 Å². The van der Waals surface area contributed by atoms with Gasteiger partial charge in [-0.2, -0.15) is 0 Å². The highest BCUT2D eigenvalue weighted by Gasteiger charge is 2.07. The molecule has 1 heterocycles. The minimum Gasteiger partial charge on any atom is -0.481 e. The fraction of sp³-hybridized carbons (Fsp3) is 0.350. The highest BCUT2D eigenvalue weighted by molar-refractivity contribution is 5.93. The third-order valence-corrected chi connectivity index (χ3v) is 3.80. The van der Waals surface area contributed by atoms with Crippen LogP contribution in [0, 0.1) is 0 Å². The van der Waals surface area contributed by atoms with Crippen molar-refractivity contribution in [1.82, 2.24) is 20.5 Å². The average Bonchev–Trinajstić information content (AvgIpc) is 2.70. The molecule has 7 heteroatoms. The quantitative estimate of drug-likeness (QED) is 0.577. The summed E-state index contributed by atoms with van der Waals surface area (Å²) in [7, 11) is 5.08. The summed E-state index contributed by atoms with van der Waals surface area (Å²) >= 11 is 0. The zero-order valence-corrected chi connectivity index (χ0v) is 16.3. The van der Waals surface area contributed by atoms with Gasteiger partial charge < -0.3 is 20.3 Å². The number of methoxy groups -OCH3 is 1. The Hall–Kier alpha value is -3.09. The fourth-order valence-corrected chi connectivity index (χ4v) is 2.37. The van der Waals surface area contributed by atoms with Crippen molar-refractivity contribution in [2.24, 2.45) is 4.99 Å². The first-order chi connectivity index (χ1) is 13.0. The first kappa shape index (κ1) is 20.2. The molecule has 0 unspecified atom stereocenters. The Morgan fingerprint density at radius 2 is 1.89 bits per heavy atom. The van der Waals surface area contributed by atoms with Crippen LogP contribution >= 0.6 is 0 Å². The molecule has 27 heavy (non-hydrogen) atoms. The van der Waals surface area contributed by atoms with Gasteiger partial charge in [0.15, 0.2) is 5.96 Å². The van der Waals surface area contributed by atoms with Crippen molar-refractivity contribution in [3.05, 3.63) is 59.3 Å². The van der Waals surface area contributed by atoms with E-state index in [2.05, 4.69) is 20.6 Å². The SMILES string of the molecule is CCNC(=NCc1ccc(C(=O)N(C)C)cc1)NCc1cccc(OC)n1. The van der Waals surface area contributed by atoms with Gasteiger partial charge in [-0.25, -0.2) is 9.98 Å². The first-order valence-electron chi connectivity index (χ1n) is 8.86. The van der Waals surface area contributed by atoms with Crippen LogP contribution in [0.25, 0.3) is 0 Å². The monoisotopic (exact) mass is 369 g/mol. The van der Waals surface area contributed by atoms with Crippen LogP contribution < -0.4 is 15.4 Å². The van der Waals surface area contributed by atoms with E-state index in [1.165, 1.54) is 0 Å². The number of pyridine rings is 1. The summed E-state index contributed by atoms with van der Waals surface area (Å²) < 4.78 is 5.14. The molecule has 1 aromatic heterocycles. The van der Waals surface area contributed by atoms with Crippen LogP contribution in [-0.4, -0.2) is 49.5 Å². The summed E-state index contributed by atoms with van der Waals surface area (Å²) in [4.78, 5) is 22.5. The van der Waals surface area contributed by atoms with Gasteiger partial charge in [0, 0.05) is 32.3 Å². The van der Waals surface area contributed by atoms with Crippen LogP contribution in [0.5, 0.6) is 5.88 Å². The molecule has 2 aromatic rings. The molecule has 0 aliphatic carbocycles. The Morgan fingerprint density at radius 1 is 1.15 bits per heavy atom. The summed E-state index contributed by atoms with van der Waals surface area (Å²) in [6.45, 7) is 3.83. The van der Waals surface area contributed by atoms with Gasteiger partial charge in [-0.05, 0) is 30.7 Å². The van der Waals surface area contributed by atoms with E-state index >= 15 is 0 Å². The van der Waals surface area contributed by atoms with Crippen molar-refractivity contribution in [2.75, 3.05) is 27.7 Å². The van der Waals surface area contributed by atoms with Gasteiger partial charge in [0.2, 0.25) is 5.88 Å². The maximum atomic E-state index is 11.9. The van der Waals surface area contributed by atoms with E-state index in [1.54, 1.807) is 26.1 Å². The third-order valence-electron chi connectivity index (χ3n) is 3.80. The molecule has 0 fully saturated rings. The van der Waals surface area contributed by atoms with Crippen LogP contribution in [-0.2, 0) is 13.1 Å². The minimum absolute atomic E-state index is 0.00848. The number of carbonyl (C=O) groups excluding carboxylic acids is 1. The molecule has 0 atom stereocenters. The first-order valence-corrected chi connectivity index (χ1v) is 8.86. The molecule has 0 saturated heterocycles. The maximum absolute atomic E-state index is 11.9. The fourth-order valence-electron chi connectivity index (χ4n) is 2.37. The number of amides is 1. The Bertz CT molecular complexity index is 772. The van der Waals surface area contributed by atoms with Crippen LogP contribution in [0.1, 0.15) is 28.5 Å². The lowest BCUT2D eigenvalue weighted by atomic mass is 10.1. The molecular weight excluding hydrogens is 342 g/mol.